The lowest BCUT2D eigenvalue weighted by Crippen LogP contribution is -2.47. The third-order valence-electron chi connectivity index (χ3n) is 4.17. The summed E-state index contributed by atoms with van der Waals surface area (Å²) in [5, 5.41) is 9.61. The molecule has 1 amide bonds. The SMILES string of the molecule is Cc1ccccc1[C@@H]1CCN(C(=O)OC(C)(C)C)C[C@H]1C(=O)O. The van der Waals surface area contributed by atoms with Gasteiger partial charge < -0.3 is 14.7 Å². The summed E-state index contributed by atoms with van der Waals surface area (Å²) in [6.07, 6.45) is 0.188. The first-order valence-electron chi connectivity index (χ1n) is 7.95. The molecule has 23 heavy (non-hydrogen) atoms. The molecule has 0 spiro atoms. The maximum absolute atomic E-state index is 12.2. The second kappa shape index (κ2) is 6.60. The molecule has 1 saturated heterocycles. The molecule has 1 aliphatic heterocycles. The van der Waals surface area contributed by atoms with Gasteiger partial charge in [0.15, 0.2) is 0 Å². The fraction of sp³-hybridized carbons (Fsp3) is 0.556. The van der Waals surface area contributed by atoms with Crippen LogP contribution >= 0.6 is 0 Å². The second-order valence-corrected chi connectivity index (χ2v) is 7.12. The molecule has 1 aromatic carbocycles. The number of amides is 1. The Morgan fingerprint density at radius 3 is 2.48 bits per heavy atom. The number of hydrogen-bond donors (Lipinski definition) is 1. The van der Waals surface area contributed by atoms with Crippen LogP contribution in [0.25, 0.3) is 0 Å². The van der Waals surface area contributed by atoms with Gasteiger partial charge in [0.1, 0.15) is 5.60 Å². The maximum Gasteiger partial charge on any atom is 0.410 e. The number of carbonyl (C=O) groups is 2. The van der Waals surface area contributed by atoms with E-state index in [9.17, 15) is 14.7 Å². The number of ether oxygens (including phenoxy) is 1. The number of carboxylic acids is 1. The Labute approximate surface area is 137 Å². The van der Waals surface area contributed by atoms with Crippen LogP contribution in [0.1, 0.15) is 44.2 Å². The highest BCUT2D eigenvalue weighted by molar-refractivity contribution is 5.74. The summed E-state index contributed by atoms with van der Waals surface area (Å²) in [5.41, 5.74) is 1.57. The highest BCUT2D eigenvalue weighted by atomic mass is 16.6. The summed E-state index contributed by atoms with van der Waals surface area (Å²) in [6, 6.07) is 7.86. The van der Waals surface area contributed by atoms with Crippen LogP contribution in [0.4, 0.5) is 4.79 Å². The van der Waals surface area contributed by atoms with Crippen LogP contribution in [-0.2, 0) is 9.53 Å². The number of aryl methyl sites for hydroxylation is 1. The summed E-state index contributed by atoms with van der Waals surface area (Å²) >= 11 is 0. The minimum atomic E-state index is -0.869. The molecule has 1 N–H and O–H groups in total. The lowest BCUT2D eigenvalue weighted by atomic mass is 9.79. The summed E-state index contributed by atoms with van der Waals surface area (Å²) in [6.45, 7) is 8.11. The molecule has 0 saturated carbocycles. The number of likely N-dealkylation sites (tertiary alicyclic amines) is 1. The van der Waals surface area contributed by atoms with E-state index >= 15 is 0 Å². The minimum Gasteiger partial charge on any atom is -0.481 e. The van der Waals surface area contributed by atoms with Crippen molar-refractivity contribution in [1.29, 1.82) is 0 Å². The summed E-state index contributed by atoms with van der Waals surface area (Å²) in [7, 11) is 0. The van der Waals surface area contributed by atoms with E-state index in [0.717, 1.165) is 11.1 Å². The lowest BCUT2D eigenvalue weighted by Gasteiger charge is -2.37. The molecule has 5 heteroatoms. The zero-order valence-corrected chi connectivity index (χ0v) is 14.2. The monoisotopic (exact) mass is 319 g/mol. The third kappa shape index (κ3) is 4.24. The molecule has 0 radical (unpaired) electrons. The van der Waals surface area contributed by atoms with Crippen molar-refractivity contribution in [2.24, 2.45) is 5.92 Å². The van der Waals surface area contributed by atoms with Crippen LogP contribution in [0.3, 0.4) is 0 Å². The molecule has 2 rings (SSSR count). The van der Waals surface area contributed by atoms with Gasteiger partial charge in [-0.1, -0.05) is 24.3 Å². The van der Waals surface area contributed by atoms with E-state index < -0.39 is 23.6 Å². The quantitative estimate of drug-likeness (QED) is 0.907. The average Bonchev–Trinajstić information content (AvgIpc) is 2.45. The van der Waals surface area contributed by atoms with Gasteiger partial charge in [-0.2, -0.15) is 0 Å². The molecule has 1 aromatic rings. The Kier molecular flexibility index (Phi) is 4.97. The molecular weight excluding hydrogens is 294 g/mol. The number of carboxylic acid groups (broad SMARTS) is 1. The van der Waals surface area contributed by atoms with Gasteiger partial charge in [0, 0.05) is 19.0 Å². The van der Waals surface area contributed by atoms with Crippen LogP contribution in [-0.4, -0.2) is 40.8 Å². The zero-order chi connectivity index (χ0) is 17.2. The molecule has 0 aromatic heterocycles. The van der Waals surface area contributed by atoms with Crippen LogP contribution < -0.4 is 0 Å². The number of rotatable bonds is 2. The number of hydrogen-bond acceptors (Lipinski definition) is 3. The second-order valence-electron chi connectivity index (χ2n) is 7.12. The van der Waals surface area contributed by atoms with Crippen molar-refractivity contribution in [3.8, 4) is 0 Å². The molecule has 5 nitrogen and oxygen atoms in total. The van der Waals surface area contributed by atoms with Crippen molar-refractivity contribution in [3.05, 3.63) is 35.4 Å². The normalized spacial score (nSPS) is 21.8. The number of carbonyl (C=O) groups excluding carboxylic acids is 1. The first-order valence-corrected chi connectivity index (χ1v) is 7.95. The van der Waals surface area contributed by atoms with E-state index in [1.54, 1.807) is 20.8 Å². The van der Waals surface area contributed by atoms with Crippen molar-refractivity contribution in [1.82, 2.24) is 4.90 Å². The van der Waals surface area contributed by atoms with E-state index in [0.29, 0.717) is 13.0 Å². The lowest BCUT2D eigenvalue weighted by molar-refractivity contribution is -0.144. The standard InChI is InChI=1S/C18H25NO4/c1-12-7-5-6-8-13(12)14-9-10-19(11-15(14)16(20)21)17(22)23-18(2,3)4/h5-8,14-15H,9-11H2,1-4H3,(H,20,21)/t14-,15+/m0/s1. The molecule has 1 fully saturated rings. The maximum atomic E-state index is 12.2. The molecule has 1 heterocycles. The number of nitrogens with zero attached hydrogens (tertiary/aromatic N) is 1. The van der Waals surface area contributed by atoms with Crippen LogP contribution in [0.5, 0.6) is 0 Å². The molecule has 2 atom stereocenters. The van der Waals surface area contributed by atoms with Gasteiger partial charge in [0.05, 0.1) is 5.92 Å². The first-order chi connectivity index (χ1) is 10.7. The summed E-state index contributed by atoms with van der Waals surface area (Å²) in [4.78, 5) is 25.4. The fourth-order valence-electron chi connectivity index (χ4n) is 3.07. The number of benzene rings is 1. The Morgan fingerprint density at radius 2 is 1.91 bits per heavy atom. The van der Waals surface area contributed by atoms with Crippen molar-refractivity contribution in [2.75, 3.05) is 13.1 Å². The van der Waals surface area contributed by atoms with E-state index in [1.165, 1.54) is 4.90 Å². The molecule has 126 valence electrons. The Morgan fingerprint density at radius 1 is 1.26 bits per heavy atom. The van der Waals surface area contributed by atoms with E-state index in [2.05, 4.69) is 0 Å². The average molecular weight is 319 g/mol. The third-order valence-corrected chi connectivity index (χ3v) is 4.17. The Hall–Kier alpha value is -2.04. The number of aliphatic carboxylic acids is 1. The summed E-state index contributed by atoms with van der Waals surface area (Å²) < 4.78 is 5.36. The van der Waals surface area contributed by atoms with Gasteiger partial charge in [-0.15, -0.1) is 0 Å². The van der Waals surface area contributed by atoms with Gasteiger partial charge in [-0.05, 0) is 45.2 Å². The Bertz CT molecular complexity index is 591. The van der Waals surface area contributed by atoms with Gasteiger partial charge in [-0.3, -0.25) is 4.79 Å². The molecule has 0 unspecified atom stereocenters. The van der Waals surface area contributed by atoms with Crippen molar-refractivity contribution in [2.45, 2.75) is 45.6 Å². The predicted molar refractivity (Wildman–Crippen MR) is 87.5 cm³/mol. The zero-order valence-electron chi connectivity index (χ0n) is 14.2. The van der Waals surface area contributed by atoms with Crippen LogP contribution in [0.15, 0.2) is 24.3 Å². The van der Waals surface area contributed by atoms with E-state index in [1.807, 2.05) is 31.2 Å². The van der Waals surface area contributed by atoms with Gasteiger partial charge in [0.25, 0.3) is 0 Å². The van der Waals surface area contributed by atoms with Gasteiger partial charge in [-0.25, -0.2) is 4.79 Å². The van der Waals surface area contributed by atoms with Crippen molar-refractivity contribution < 1.29 is 19.4 Å². The van der Waals surface area contributed by atoms with Crippen molar-refractivity contribution in [3.63, 3.8) is 0 Å². The van der Waals surface area contributed by atoms with Gasteiger partial charge >= 0.3 is 12.1 Å². The first kappa shape index (κ1) is 17.3. The topological polar surface area (TPSA) is 66.8 Å². The predicted octanol–water partition coefficient (Wildman–Crippen LogP) is 3.42. The fourth-order valence-corrected chi connectivity index (χ4v) is 3.07. The molecular formula is C18H25NO4. The number of piperidine rings is 1. The van der Waals surface area contributed by atoms with Gasteiger partial charge in [0.2, 0.25) is 0 Å². The minimum absolute atomic E-state index is 0.0765. The van der Waals surface area contributed by atoms with E-state index in [4.69, 9.17) is 4.74 Å². The molecule has 0 aliphatic carbocycles. The largest absolute Gasteiger partial charge is 0.481 e. The highest BCUT2D eigenvalue weighted by Crippen LogP contribution is 2.35. The molecule has 0 bridgehead atoms. The Balaban J connectivity index is 2.17. The smallest absolute Gasteiger partial charge is 0.410 e. The molecule has 1 aliphatic rings. The van der Waals surface area contributed by atoms with E-state index in [-0.39, 0.29) is 12.5 Å². The van der Waals surface area contributed by atoms with Crippen molar-refractivity contribution >= 4 is 12.1 Å². The highest BCUT2D eigenvalue weighted by Gasteiger charge is 2.38. The van der Waals surface area contributed by atoms with Crippen LogP contribution in [0.2, 0.25) is 0 Å². The summed E-state index contributed by atoms with van der Waals surface area (Å²) in [5.74, 6) is -1.56. The van der Waals surface area contributed by atoms with Crippen LogP contribution in [0, 0.1) is 12.8 Å².